The second-order valence-electron chi connectivity index (χ2n) is 9.50. The summed E-state index contributed by atoms with van der Waals surface area (Å²) in [6.45, 7) is 6.69. The van der Waals surface area contributed by atoms with E-state index in [9.17, 15) is 14.9 Å². The van der Waals surface area contributed by atoms with Crippen molar-refractivity contribution >= 4 is 23.0 Å². The maximum atomic E-state index is 13.5. The van der Waals surface area contributed by atoms with Gasteiger partial charge in [0.05, 0.1) is 42.9 Å². The fourth-order valence-corrected chi connectivity index (χ4v) is 5.63. The van der Waals surface area contributed by atoms with Crippen LogP contribution in [0.1, 0.15) is 5.56 Å². The molecule has 0 aliphatic carbocycles. The fourth-order valence-electron chi connectivity index (χ4n) is 5.63. The van der Waals surface area contributed by atoms with Crippen LogP contribution < -0.4 is 19.9 Å². The van der Waals surface area contributed by atoms with Crippen molar-refractivity contribution in [2.45, 2.75) is 12.5 Å². The topological polar surface area (TPSA) is 100 Å². The lowest BCUT2D eigenvalue weighted by Gasteiger charge is -2.49. The van der Waals surface area contributed by atoms with Crippen LogP contribution in [0.2, 0.25) is 0 Å². The number of ether oxygens (including phenoxy) is 2. The Morgan fingerprint density at radius 2 is 1.94 bits per heavy atom. The molecule has 10 heteroatoms. The smallest absolute Gasteiger partial charge is 0.269 e. The summed E-state index contributed by atoms with van der Waals surface area (Å²) in [6, 6.07) is 12.9. The van der Waals surface area contributed by atoms with E-state index in [1.807, 2.05) is 30.3 Å². The molecule has 3 aliphatic rings. The summed E-state index contributed by atoms with van der Waals surface area (Å²) in [6.07, 6.45) is 0.474. The van der Waals surface area contributed by atoms with Crippen LogP contribution in [0.3, 0.4) is 0 Å². The number of methoxy groups -OCH3 is 1. The average Bonchev–Trinajstić information content (AvgIpc) is 2.92. The number of hydrogen-bond donors (Lipinski definition) is 1. The predicted molar refractivity (Wildman–Crippen MR) is 137 cm³/mol. The molecule has 0 spiro atoms. The van der Waals surface area contributed by atoms with E-state index in [1.165, 1.54) is 0 Å². The van der Waals surface area contributed by atoms with Gasteiger partial charge in [-0.3, -0.25) is 19.8 Å². The highest BCUT2D eigenvalue weighted by molar-refractivity contribution is 5.82. The molecule has 2 unspecified atom stereocenters. The summed E-state index contributed by atoms with van der Waals surface area (Å²) in [5.74, 6) is 0.489. The van der Waals surface area contributed by atoms with Crippen LogP contribution in [0.25, 0.3) is 0 Å². The third-order valence-electron chi connectivity index (χ3n) is 7.50. The van der Waals surface area contributed by atoms with Gasteiger partial charge in [-0.1, -0.05) is 12.1 Å². The quantitative estimate of drug-likeness (QED) is 0.459. The Kier molecular flexibility index (Phi) is 7.24. The van der Waals surface area contributed by atoms with Crippen LogP contribution in [0.5, 0.6) is 5.75 Å². The van der Waals surface area contributed by atoms with Crippen molar-refractivity contribution in [2.75, 3.05) is 75.9 Å². The van der Waals surface area contributed by atoms with Crippen molar-refractivity contribution < 1.29 is 19.2 Å². The molecule has 2 atom stereocenters. The highest BCUT2D eigenvalue weighted by Crippen LogP contribution is 2.39. The number of amides is 1. The molecule has 2 aromatic rings. The number of piperazine rings is 1. The van der Waals surface area contributed by atoms with Gasteiger partial charge in [0.1, 0.15) is 5.75 Å². The Hall–Kier alpha value is -3.37. The van der Waals surface area contributed by atoms with E-state index in [-0.39, 0.29) is 28.5 Å². The second kappa shape index (κ2) is 10.7. The number of morpholine rings is 1. The maximum absolute atomic E-state index is 13.5. The fraction of sp³-hybridized carbons (Fsp3) is 0.500. The first-order valence-electron chi connectivity index (χ1n) is 12.5. The normalized spacial score (nSPS) is 21.9. The number of nitro groups is 1. The Labute approximate surface area is 210 Å². The van der Waals surface area contributed by atoms with Crippen LogP contribution in [-0.4, -0.2) is 87.9 Å². The number of nitrogens with zero attached hydrogens (tertiary/aromatic N) is 4. The maximum Gasteiger partial charge on any atom is 0.269 e. The molecule has 36 heavy (non-hydrogen) atoms. The number of non-ortho nitro benzene ring substituents is 1. The van der Waals surface area contributed by atoms with Gasteiger partial charge in [-0.15, -0.1) is 0 Å². The van der Waals surface area contributed by atoms with E-state index in [2.05, 4.69) is 20.0 Å². The number of carbonyl (C=O) groups excluding carboxylic acids is 1. The van der Waals surface area contributed by atoms with Gasteiger partial charge in [-0.05, 0) is 30.2 Å². The third kappa shape index (κ3) is 4.96. The molecule has 0 aromatic heterocycles. The standard InChI is InChI=1S/C26H33N5O5/c1-35-25-5-3-2-4-23(25)29-10-11-30-22-7-6-20(31(33)34)16-19(22)17-21(24(30)18-29)26(32)27-8-9-28-12-14-36-15-13-28/h2-7,16,21,24H,8-15,17-18H2,1H3,(H,27,32). The molecule has 192 valence electrons. The number of rotatable bonds is 7. The minimum absolute atomic E-state index is 0.00251. The summed E-state index contributed by atoms with van der Waals surface area (Å²) < 4.78 is 11.0. The molecule has 1 amide bonds. The molecule has 2 fully saturated rings. The Balaban J connectivity index is 1.38. The van der Waals surface area contributed by atoms with E-state index < -0.39 is 0 Å². The van der Waals surface area contributed by atoms with Crippen molar-refractivity contribution in [3.8, 4) is 5.75 Å². The minimum Gasteiger partial charge on any atom is -0.495 e. The first kappa shape index (κ1) is 24.3. The number of fused-ring (bicyclic) bond motifs is 3. The highest BCUT2D eigenvalue weighted by atomic mass is 16.6. The lowest BCUT2D eigenvalue weighted by Crippen LogP contribution is -2.61. The van der Waals surface area contributed by atoms with Crippen LogP contribution in [0, 0.1) is 16.0 Å². The Morgan fingerprint density at radius 3 is 2.72 bits per heavy atom. The highest BCUT2D eigenvalue weighted by Gasteiger charge is 2.42. The molecule has 0 saturated carbocycles. The first-order chi connectivity index (χ1) is 17.5. The molecule has 3 heterocycles. The van der Waals surface area contributed by atoms with Gasteiger partial charge >= 0.3 is 0 Å². The average molecular weight is 496 g/mol. The van der Waals surface area contributed by atoms with Crippen molar-refractivity contribution in [1.29, 1.82) is 0 Å². The summed E-state index contributed by atoms with van der Waals surface area (Å²) in [5.41, 5.74) is 2.93. The van der Waals surface area contributed by atoms with E-state index in [0.717, 1.165) is 62.1 Å². The molecular formula is C26H33N5O5. The largest absolute Gasteiger partial charge is 0.495 e. The molecule has 5 rings (SSSR count). The van der Waals surface area contributed by atoms with Gasteiger partial charge in [0.25, 0.3) is 5.69 Å². The summed E-state index contributed by atoms with van der Waals surface area (Å²) >= 11 is 0. The zero-order valence-electron chi connectivity index (χ0n) is 20.6. The van der Waals surface area contributed by atoms with E-state index in [4.69, 9.17) is 9.47 Å². The van der Waals surface area contributed by atoms with E-state index >= 15 is 0 Å². The van der Waals surface area contributed by atoms with Crippen LogP contribution in [0.4, 0.5) is 17.1 Å². The van der Waals surface area contributed by atoms with Gasteiger partial charge in [-0.2, -0.15) is 0 Å². The van der Waals surface area contributed by atoms with Gasteiger partial charge in [0, 0.05) is 63.6 Å². The molecule has 1 N–H and O–H groups in total. The number of carbonyl (C=O) groups is 1. The van der Waals surface area contributed by atoms with Crippen molar-refractivity contribution in [3.63, 3.8) is 0 Å². The SMILES string of the molecule is COc1ccccc1N1CCN2c3ccc([N+](=O)[O-])cc3CC(C(=O)NCCN3CCOCC3)C2C1. The van der Waals surface area contributed by atoms with Crippen LogP contribution in [0.15, 0.2) is 42.5 Å². The molecule has 10 nitrogen and oxygen atoms in total. The number of nitrogens with one attached hydrogen (secondary N) is 1. The molecule has 3 aliphatic heterocycles. The number of para-hydroxylation sites is 2. The number of benzene rings is 2. The van der Waals surface area contributed by atoms with Gasteiger partial charge in [0.15, 0.2) is 0 Å². The number of nitro benzene ring substituents is 1. The Morgan fingerprint density at radius 1 is 1.14 bits per heavy atom. The van der Waals surface area contributed by atoms with Gasteiger partial charge in [-0.25, -0.2) is 0 Å². The first-order valence-corrected chi connectivity index (χ1v) is 12.5. The molecule has 2 saturated heterocycles. The summed E-state index contributed by atoms with van der Waals surface area (Å²) in [4.78, 5) is 31.4. The summed E-state index contributed by atoms with van der Waals surface area (Å²) in [7, 11) is 1.67. The van der Waals surface area contributed by atoms with Crippen LogP contribution >= 0.6 is 0 Å². The Bertz CT molecular complexity index is 1110. The molecular weight excluding hydrogens is 462 g/mol. The lowest BCUT2D eigenvalue weighted by molar-refractivity contribution is -0.384. The van der Waals surface area contributed by atoms with Gasteiger partial charge < -0.3 is 24.6 Å². The zero-order valence-corrected chi connectivity index (χ0v) is 20.6. The third-order valence-corrected chi connectivity index (χ3v) is 7.50. The molecule has 2 aromatic carbocycles. The van der Waals surface area contributed by atoms with Crippen LogP contribution in [-0.2, 0) is 16.0 Å². The van der Waals surface area contributed by atoms with E-state index in [0.29, 0.717) is 26.1 Å². The lowest BCUT2D eigenvalue weighted by atomic mass is 9.83. The predicted octanol–water partition coefficient (Wildman–Crippen LogP) is 1.92. The molecule has 0 radical (unpaired) electrons. The summed E-state index contributed by atoms with van der Waals surface area (Å²) in [5, 5.41) is 14.6. The van der Waals surface area contributed by atoms with Crippen molar-refractivity contribution in [3.05, 3.63) is 58.1 Å². The second-order valence-corrected chi connectivity index (χ2v) is 9.50. The van der Waals surface area contributed by atoms with Crippen molar-refractivity contribution in [2.24, 2.45) is 5.92 Å². The number of anilines is 2. The van der Waals surface area contributed by atoms with Crippen molar-refractivity contribution in [1.82, 2.24) is 10.2 Å². The number of hydrogen-bond acceptors (Lipinski definition) is 8. The monoisotopic (exact) mass is 495 g/mol. The van der Waals surface area contributed by atoms with E-state index in [1.54, 1.807) is 19.2 Å². The zero-order chi connectivity index (χ0) is 25.1. The molecule has 0 bridgehead atoms. The minimum atomic E-state index is -0.372. The van der Waals surface area contributed by atoms with Gasteiger partial charge in [0.2, 0.25) is 5.91 Å².